The normalized spacial score (nSPS) is 15.3. The fourth-order valence-corrected chi connectivity index (χ4v) is 4.95. The van der Waals surface area contributed by atoms with E-state index in [0.29, 0.717) is 13.0 Å². The molecule has 0 unspecified atom stereocenters. The number of aromatic hydroxyl groups is 1. The molecular formula is C30H34N4O4. The topological polar surface area (TPSA) is 125 Å². The molecule has 0 aliphatic carbocycles. The molecule has 2 atom stereocenters. The molecule has 3 aromatic rings. The van der Waals surface area contributed by atoms with Crippen LogP contribution in [-0.4, -0.2) is 46.4 Å². The zero-order valence-corrected chi connectivity index (χ0v) is 21.7. The van der Waals surface area contributed by atoms with Gasteiger partial charge in [0.1, 0.15) is 11.8 Å². The summed E-state index contributed by atoms with van der Waals surface area (Å²) in [4.78, 5) is 40.8. The van der Waals surface area contributed by atoms with Crippen LogP contribution in [-0.2, 0) is 40.3 Å². The van der Waals surface area contributed by atoms with E-state index < -0.39 is 18.0 Å². The number of benzene rings is 3. The summed E-state index contributed by atoms with van der Waals surface area (Å²) in [5.74, 6) is -0.876. The van der Waals surface area contributed by atoms with Gasteiger partial charge in [0, 0.05) is 19.5 Å². The van der Waals surface area contributed by atoms with Crippen LogP contribution >= 0.6 is 0 Å². The number of rotatable bonds is 8. The quantitative estimate of drug-likeness (QED) is 0.367. The number of amides is 3. The number of fused-ring (bicyclic) bond motifs is 1. The van der Waals surface area contributed by atoms with Crippen LogP contribution in [0.15, 0.2) is 66.7 Å². The number of phenolic OH excluding ortho intramolecular Hbond substituents is 1. The second-order valence-corrected chi connectivity index (χ2v) is 9.80. The number of phenols is 1. The summed E-state index contributed by atoms with van der Waals surface area (Å²) in [5.41, 5.74) is 11.9. The summed E-state index contributed by atoms with van der Waals surface area (Å²) >= 11 is 0. The Morgan fingerprint density at radius 3 is 2.29 bits per heavy atom. The molecule has 0 saturated heterocycles. The molecule has 0 radical (unpaired) electrons. The lowest BCUT2D eigenvalue weighted by Crippen LogP contribution is -2.57. The molecule has 0 bridgehead atoms. The maximum Gasteiger partial charge on any atom is 0.243 e. The molecule has 198 valence electrons. The lowest BCUT2D eigenvalue weighted by molar-refractivity contribution is -0.143. The average molecular weight is 515 g/mol. The van der Waals surface area contributed by atoms with Crippen LogP contribution in [0.25, 0.3) is 0 Å². The van der Waals surface area contributed by atoms with Crippen molar-refractivity contribution in [3.05, 3.63) is 100 Å². The third-order valence-electron chi connectivity index (χ3n) is 7.01. The van der Waals surface area contributed by atoms with Crippen molar-refractivity contribution in [2.45, 2.75) is 51.9 Å². The van der Waals surface area contributed by atoms with Gasteiger partial charge in [-0.1, -0.05) is 54.6 Å². The standard InChI is InChI=1S/C30H34N4O4/c1-19-12-24(35)13-20(2)25(19)15-26(31)30(38)34-18-23-11-7-6-10-22(23)14-27(34)29(37)33-17-28(36)32-16-21-8-4-3-5-9-21/h3-13,26-27,35H,14-18,31H2,1-2H3,(H,32,36)(H,33,37)/t26-,27+/m0/s1. The Bertz CT molecular complexity index is 1300. The summed E-state index contributed by atoms with van der Waals surface area (Å²) in [6.45, 7) is 4.17. The van der Waals surface area contributed by atoms with Crippen molar-refractivity contribution >= 4 is 17.7 Å². The molecule has 8 heteroatoms. The molecule has 0 fully saturated rings. The van der Waals surface area contributed by atoms with Crippen molar-refractivity contribution in [1.82, 2.24) is 15.5 Å². The smallest absolute Gasteiger partial charge is 0.243 e. The van der Waals surface area contributed by atoms with Crippen LogP contribution in [0.3, 0.4) is 0 Å². The predicted octanol–water partition coefficient (Wildman–Crippen LogP) is 2.26. The zero-order valence-electron chi connectivity index (χ0n) is 21.7. The fraction of sp³-hybridized carbons (Fsp3) is 0.300. The molecule has 0 spiro atoms. The van der Waals surface area contributed by atoms with Gasteiger partial charge >= 0.3 is 0 Å². The van der Waals surface area contributed by atoms with Crippen molar-refractivity contribution in [3.63, 3.8) is 0 Å². The first-order chi connectivity index (χ1) is 18.2. The van der Waals surface area contributed by atoms with E-state index in [4.69, 9.17) is 5.73 Å². The third kappa shape index (κ3) is 6.39. The summed E-state index contributed by atoms with van der Waals surface area (Å²) in [5, 5.41) is 15.4. The van der Waals surface area contributed by atoms with Crippen molar-refractivity contribution < 1.29 is 19.5 Å². The van der Waals surface area contributed by atoms with Crippen molar-refractivity contribution in [2.24, 2.45) is 5.73 Å². The Labute approximate surface area is 222 Å². The Morgan fingerprint density at radius 1 is 0.974 bits per heavy atom. The van der Waals surface area contributed by atoms with Gasteiger partial charge in [-0.3, -0.25) is 14.4 Å². The van der Waals surface area contributed by atoms with Crippen molar-refractivity contribution in [3.8, 4) is 5.75 Å². The monoisotopic (exact) mass is 514 g/mol. The highest BCUT2D eigenvalue weighted by Gasteiger charge is 2.36. The first kappa shape index (κ1) is 26.9. The number of aryl methyl sites for hydroxylation is 2. The van der Waals surface area contributed by atoms with Gasteiger partial charge in [-0.15, -0.1) is 0 Å². The van der Waals surface area contributed by atoms with Gasteiger partial charge in [-0.05, 0) is 65.8 Å². The van der Waals surface area contributed by atoms with E-state index in [1.165, 1.54) is 4.90 Å². The van der Waals surface area contributed by atoms with Gasteiger partial charge in [0.15, 0.2) is 0 Å². The second kappa shape index (κ2) is 11.9. The van der Waals surface area contributed by atoms with Crippen LogP contribution in [0.4, 0.5) is 0 Å². The first-order valence-electron chi connectivity index (χ1n) is 12.7. The average Bonchev–Trinajstić information content (AvgIpc) is 2.91. The van der Waals surface area contributed by atoms with Crippen molar-refractivity contribution in [1.29, 1.82) is 0 Å². The van der Waals surface area contributed by atoms with E-state index in [-0.39, 0.29) is 37.1 Å². The first-order valence-corrected chi connectivity index (χ1v) is 12.7. The van der Waals surface area contributed by atoms with Gasteiger partial charge in [0.05, 0.1) is 12.6 Å². The highest BCUT2D eigenvalue weighted by Crippen LogP contribution is 2.26. The van der Waals surface area contributed by atoms with Crippen LogP contribution in [0.2, 0.25) is 0 Å². The van der Waals surface area contributed by atoms with Crippen LogP contribution in [0.1, 0.15) is 33.4 Å². The number of hydrogen-bond donors (Lipinski definition) is 4. The molecule has 1 heterocycles. The van der Waals surface area contributed by atoms with Crippen molar-refractivity contribution in [2.75, 3.05) is 6.54 Å². The molecule has 4 rings (SSSR count). The van der Waals surface area contributed by atoms with E-state index in [2.05, 4.69) is 10.6 Å². The highest BCUT2D eigenvalue weighted by atomic mass is 16.3. The fourth-order valence-electron chi connectivity index (χ4n) is 4.95. The second-order valence-electron chi connectivity index (χ2n) is 9.80. The maximum atomic E-state index is 13.6. The van der Waals surface area contributed by atoms with Gasteiger partial charge in [0.25, 0.3) is 0 Å². The SMILES string of the molecule is Cc1cc(O)cc(C)c1C[C@H](N)C(=O)N1Cc2ccccc2C[C@@H]1C(=O)NCC(=O)NCc1ccccc1. The lowest BCUT2D eigenvalue weighted by Gasteiger charge is -2.37. The van der Waals surface area contributed by atoms with E-state index >= 15 is 0 Å². The molecule has 5 N–H and O–H groups in total. The Balaban J connectivity index is 1.45. The molecule has 3 aromatic carbocycles. The highest BCUT2D eigenvalue weighted by molar-refractivity contribution is 5.92. The molecule has 38 heavy (non-hydrogen) atoms. The van der Waals surface area contributed by atoms with Gasteiger partial charge in [-0.25, -0.2) is 0 Å². The lowest BCUT2D eigenvalue weighted by atomic mass is 9.91. The molecular weight excluding hydrogens is 480 g/mol. The molecule has 3 amide bonds. The summed E-state index contributed by atoms with van der Waals surface area (Å²) in [6, 6.07) is 18.9. The molecule has 0 saturated carbocycles. The Kier molecular flexibility index (Phi) is 8.43. The predicted molar refractivity (Wildman–Crippen MR) is 145 cm³/mol. The van der Waals surface area contributed by atoms with E-state index in [1.54, 1.807) is 12.1 Å². The number of carbonyl (C=O) groups is 3. The minimum Gasteiger partial charge on any atom is -0.508 e. The molecule has 1 aliphatic heterocycles. The summed E-state index contributed by atoms with van der Waals surface area (Å²) in [6.07, 6.45) is 0.620. The van der Waals surface area contributed by atoms with E-state index in [1.807, 2.05) is 68.4 Å². The van der Waals surface area contributed by atoms with Crippen LogP contribution in [0.5, 0.6) is 5.75 Å². The largest absolute Gasteiger partial charge is 0.508 e. The zero-order chi connectivity index (χ0) is 27.2. The Morgan fingerprint density at radius 2 is 1.61 bits per heavy atom. The third-order valence-corrected chi connectivity index (χ3v) is 7.01. The summed E-state index contributed by atoms with van der Waals surface area (Å²) < 4.78 is 0. The minimum atomic E-state index is -0.869. The van der Waals surface area contributed by atoms with Crippen LogP contribution < -0.4 is 16.4 Å². The number of nitrogens with one attached hydrogen (secondary N) is 2. The number of hydrogen-bond acceptors (Lipinski definition) is 5. The number of nitrogens with two attached hydrogens (primary N) is 1. The Hall–Kier alpha value is -4.17. The number of carbonyl (C=O) groups excluding carboxylic acids is 3. The molecule has 1 aliphatic rings. The van der Waals surface area contributed by atoms with Gasteiger partial charge in [0.2, 0.25) is 17.7 Å². The van der Waals surface area contributed by atoms with Gasteiger partial charge < -0.3 is 26.4 Å². The van der Waals surface area contributed by atoms with E-state index in [9.17, 15) is 19.5 Å². The summed E-state index contributed by atoms with van der Waals surface area (Å²) in [7, 11) is 0. The minimum absolute atomic E-state index is 0.167. The number of nitrogens with zero attached hydrogens (tertiary/aromatic N) is 1. The molecule has 8 nitrogen and oxygen atoms in total. The van der Waals surface area contributed by atoms with Crippen LogP contribution in [0, 0.1) is 13.8 Å². The van der Waals surface area contributed by atoms with Gasteiger partial charge in [-0.2, -0.15) is 0 Å². The van der Waals surface area contributed by atoms with E-state index in [0.717, 1.165) is 33.4 Å². The molecule has 0 aromatic heterocycles. The maximum absolute atomic E-state index is 13.6.